The summed E-state index contributed by atoms with van der Waals surface area (Å²) in [6.45, 7) is 9.09. The van der Waals surface area contributed by atoms with Crippen LogP contribution in [0.3, 0.4) is 0 Å². The molecule has 2 N–H and O–H groups in total. The third-order valence-electron chi connectivity index (χ3n) is 6.67. The minimum Gasteiger partial charge on any atom is -0.480 e. The molecule has 1 aliphatic heterocycles. The van der Waals surface area contributed by atoms with Gasteiger partial charge in [-0.05, 0) is 83.9 Å². The third-order valence-corrected chi connectivity index (χ3v) is 8.23. The van der Waals surface area contributed by atoms with Crippen molar-refractivity contribution in [1.82, 2.24) is 5.32 Å². The van der Waals surface area contributed by atoms with Gasteiger partial charge in [0.2, 0.25) is 6.79 Å². The highest BCUT2D eigenvalue weighted by Crippen LogP contribution is 2.33. The fourth-order valence-electron chi connectivity index (χ4n) is 4.28. The maximum Gasteiger partial charge on any atom is 0.326 e. The molecule has 1 amide bonds. The van der Waals surface area contributed by atoms with Gasteiger partial charge in [-0.15, -0.1) is 0 Å². The van der Waals surface area contributed by atoms with Crippen LogP contribution in [0.5, 0.6) is 11.5 Å². The first-order valence-electron chi connectivity index (χ1n) is 14.9. The Morgan fingerprint density at radius 3 is 2.31 bits per heavy atom. The van der Waals surface area contributed by atoms with Gasteiger partial charge in [-0.3, -0.25) is 4.79 Å². The van der Waals surface area contributed by atoms with Crippen molar-refractivity contribution in [3.8, 4) is 22.6 Å². The van der Waals surface area contributed by atoms with E-state index in [1.165, 1.54) is 5.75 Å². The number of ether oxygens (including phenoxy) is 3. The van der Waals surface area contributed by atoms with Crippen LogP contribution in [0.15, 0.2) is 60.7 Å². The van der Waals surface area contributed by atoms with Crippen LogP contribution in [0.1, 0.15) is 54.2 Å². The number of hydrogen-bond acceptors (Lipinski definition) is 8. The van der Waals surface area contributed by atoms with E-state index >= 15 is 0 Å². The molecule has 0 saturated carbocycles. The molecule has 11 heteroatoms. The number of hydrogen-bond donors (Lipinski definition) is 2. The molecule has 0 spiro atoms. The van der Waals surface area contributed by atoms with E-state index in [1.54, 1.807) is 12.1 Å². The third kappa shape index (κ3) is 12.4. The fourth-order valence-corrected chi connectivity index (χ4v) is 4.94. The number of thioether (sulfide) groups is 1. The van der Waals surface area contributed by atoms with E-state index in [2.05, 4.69) is 18.5 Å². The number of rotatable bonds is 13. The average Bonchev–Trinajstić information content (AvgIpc) is 3.50. The SMILES string of the molecule is CC.CCSC.Cc1ccccc1-c1cc(COCCc2ccc3c(c2)OCO3)ccc1C(=O)NC(CCS(C)(=O)=O)C(=O)O. The minimum atomic E-state index is -3.39. The highest BCUT2D eigenvalue weighted by atomic mass is 32.2. The number of benzene rings is 3. The van der Waals surface area contributed by atoms with Gasteiger partial charge in [0.15, 0.2) is 11.5 Å². The van der Waals surface area contributed by atoms with Crippen LogP contribution in [0.4, 0.5) is 0 Å². The van der Waals surface area contributed by atoms with Crippen LogP contribution in [0.25, 0.3) is 11.1 Å². The first-order valence-corrected chi connectivity index (χ1v) is 18.3. The second-order valence-corrected chi connectivity index (χ2v) is 13.5. The Morgan fingerprint density at radius 2 is 1.67 bits per heavy atom. The van der Waals surface area contributed by atoms with Crippen molar-refractivity contribution in [3.63, 3.8) is 0 Å². The summed E-state index contributed by atoms with van der Waals surface area (Å²) in [6.07, 6.45) is 3.58. The minimum absolute atomic E-state index is 0.226. The van der Waals surface area contributed by atoms with Crippen molar-refractivity contribution in [1.29, 1.82) is 0 Å². The highest BCUT2D eigenvalue weighted by molar-refractivity contribution is 7.98. The Kier molecular flexibility index (Phi) is 16.0. The molecule has 3 aromatic carbocycles. The molecule has 3 aromatic rings. The number of aliphatic carboxylic acids is 1. The van der Waals surface area contributed by atoms with E-state index in [1.807, 2.05) is 81.1 Å². The van der Waals surface area contributed by atoms with Crippen LogP contribution in [0.2, 0.25) is 0 Å². The van der Waals surface area contributed by atoms with Gasteiger partial charge in [-0.25, -0.2) is 13.2 Å². The van der Waals surface area contributed by atoms with Crippen molar-refractivity contribution in [2.24, 2.45) is 0 Å². The Balaban J connectivity index is 0.00000109. The van der Waals surface area contributed by atoms with Crippen molar-refractivity contribution in [2.75, 3.05) is 37.4 Å². The number of aryl methyl sites for hydroxylation is 1. The molecule has 0 fully saturated rings. The van der Waals surface area contributed by atoms with Crippen LogP contribution in [0, 0.1) is 6.92 Å². The number of fused-ring (bicyclic) bond motifs is 1. The molecular weight excluding hydrogens is 615 g/mol. The molecular formula is C34H45NO8S2. The molecule has 9 nitrogen and oxygen atoms in total. The van der Waals surface area contributed by atoms with E-state index in [9.17, 15) is 23.1 Å². The molecule has 0 aliphatic carbocycles. The number of carbonyl (C=O) groups excluding carboxylic acids is 1. The summed E-state index contributed by atoms with van der Waals surface area (Å²) >= 11 is 1.86. The molecule has 1 aliphatic rings. The number of carboxylic acid groups (broad SMARTS) is 1. The second-order valence-electron chi connectivity index (χ2n) is 10.0. The molecule has 1 atom stereocenters. The lowest BCUT2D eigenvalue weighted by Gasteiger charge is -2.18. The van der Waals surface area contributed by atoms with E-state index in [-0.39, 0.29) is 19.0 Å². The molecule has 0 saturated heterocycles. The van der Waals surface area contributed by atoms with Gasteiger partial charge >= 0.3 is 5.97 Å². The summed E-state index contributed by atoms with van der Waals surface area (Å²) in [5.41, 5.74) is 4.61. The van der Waals surface area contributed by atoms with Gasteiger partial charge < -0.3 is 24.6 Å². The molecule has 4 rings (SSSR count). The van der Waals surface area contributed by atoms with Gasteiger partial charge in [-0.1, -0.05) is 57.2 Å². The number of amides is 1. The zero-order chi connectivity index (χ0) is 33.4. The standard InChI is InChI=1S/C29H31NO8S.C3H8S.C2H6/c1-19-5-3-4-6-22(19)24-15-21(17-36-13-11-20-8-10-26-27(16-20)38-18-37-26)7-9-23(24)28(31)30-25(29(32)33)12-14-39(2,34)35;1-3-4-2;1-2/h3-10,15-16,25H,11-14,17-18H2,1-2H3,(H,30,31)(H,32,33);3H2,1-2H3;1-2H3. The summed E-state index contributed by atoms with van der Waals surface area (Å²) in [5.74, 6) is 0.460. The van der Waals surface area contributed by atoms with Gasteiger partial charge in [0.05, 0.1) is 19.0 Å². The first-order chi connectivity index (χ1) is 21.5. The highest BCUT2D eigenvalue weighted by Gasteiger charge is 2.24. The van der Waals surface area contributed by atoms with E-state index in [0.717, 1.165) is 40.0 Å². The Bertz CT molecular complexity index is 1510. The van der Waals surface area contributed by atoms with Crippen LogP contribution < -0.4 is 14.8 Å². The molecule has 0 radical (unpaired) electrons. The summed E-state index contributed by atoms with van der Waals surface area (Å²) in [7, 11) is -3.39. The molecule has 45 heavy (non-hydrogen) atoms. The predicted molar refractivity (Wildman–Crippen MR) is 181 cm³/mol. The molecule has 0 aromatic heterocycles. The molecule has 1 heterocycles. The van der Waals surface area contributed by atoms with Crippen molar-refractivity contribution < 1.29 is 37.3 Å². The smallest absolute Gasteiger partial charge is 0.326 e. The van der Waals surface area contributed by atoms with Gasteiger partial charge in [0.1, 0.15) is 15.9 Å². The predicted octanol–water partition coefficient (Wildman–Crippen LogP) is 6.16. The molecule has 0 bridgehead atoms. The van der Waals surface area contributed by atoms with Crippen LogP contribution in [-0.2, 0) is 32.4 Å². The maximum atomic E-state index is 13.2. The van der Waals surface area contributed by atoms with Crippen LogP contribution >= 0.6 is 11.8 Å². The lowest BCUT2D eigenvalue weighted by atomic mass is 9.93. The van der Waals surface area contributed by atoms with Crippen LogP contribution in [-0.4, -0.2) is 68.9 Å². The normalized spacial score (nSPS) is 12.2. The lowest BCUT2D eigenvalue weighted by molar-refractivity contribution is -0.139. The molecule has 246 valence electrons. The van der Waals surface area contributed by atoms with E-state index < -0.39 is 27.8 Å². The lowest BCUT2D eigenvalue weighted by Crippen LogP contribution is -2.42. The number of carboxylic acids is 1. The van der Waals surface area contributed by atoms with Gasteiger partial charge in [-0.2, -0.15) is 11.8 Å². The maximum absolute atomic E-state index is 13.2. The zero-order valence-electron chi connectivity index (χ0n) is 26.9. The van der Waals surface area contributed by atoms with Gasteiger partial charge in [0.25, 0.3) is 5.91 Å². The van der Waals surface area contributed by atoms with Crippen molar-refractivity contribution in [2.45, 2.75) is 53.2 Å². The number of nitrogens with one attached hydrogen (secondary N) is 1. The second kappa shape index (κ2) is 19.1. The van der Waals surface area contributed by atoms with Crippen molar-refractivity contribution in [3.05, 3.63) is 82.9 Å². The fraction of sp³-hybridized carbons (Fsp3) is 0.412. The largest absolute Gasteiger partial charge is 0.480 e. The quantitative estimate of drug-likeness (QED) is 0.207. The monoisotopic (exact) mass is 659 g/mol. The van der Waals surface area contributed by atoms with E-state index in [4.69, 9.17) is 14.2 Å². The van der Waals surface area contributed by atoms with E-state index in [0.29, 0.717) is 30.8 Å². The Morgan fingerprint density at radius 1 is 1.00 bits per heavy atom. The molecule has 1 unspecified atom stereocenters. The topological polar surface area (TPSA) is 128 Å². The Labute approximate surface area is 271 Å². The van der Waals surface area contributed by atoms with Crippen molar-refractivity contribution >= 4 is 33.5 Å². The summed E-state index contributed by atoms with van der Waals surface area (Å²) in [6, 6.07) is 17.3. The number of sulfone groups is 1. The average molecular weight is 660 g/mol. The summed E-state index contributed by atoms with van der Waals surface area (Å²) < 4.78 is 39.7. The number of carbonyl (C=O) groups is 2. The zero-order valence-corrected chi connectivity index (χ0v) is 28.6. The van der Waals surface area contributed by atoms with Gasteiger partial charge in [0, 0.05) is 11.8 Å². The summed E-state index contributed by atoms with van der Waals surface area (Å²) in [5, 5.41) is 12.0. The first kappa shape index (κ1) is 37.6. The Hall–Kier alpha value is -3.54. The summed E-state index contributed by atoms with van der Waals surface area (Å²) in [4.78, 5) is 24.9.